The van der Waals surface area contributed by atoms with Gasteiger partial charge in [-0.05, 0) is 55.0 Å². The van der Waals surface area contributed by atoms with Crippen LogP contribution in [-0.4, -0.2) is 17.5 Å². The Morgan fingerprint density at radius 2 is 1.89 bits per heavy atom. The lowest BCUT2D eigenvalue weighted by Gasteiger charge is -2.05. The van der Waals surface area contributed by atoms with E-state index in [4.69, 9.17) is 4.84 Å². The van der Waals surface area contributed by atoms with E-state index in [-0.39, 0.29) is 11.3 Å². The second-order valence-corrected chi connectivity index (χ2v) is 3.93. The Morgan fingerprint density at radius 3 is 2.53 bits per heavy atom. The third-order valence-electron chi connectivity index (χ3n) is 2.48. The minimum Gasteiger partial charge on any atom is -0.312 e. The van der Waals surface area contributed by atoms with Crippen molar-refractivity contribution in [3.63, 3.8) is 0 Å². The molecule has 19 heavy (non-hydrogen) atoms. The zero-order valence-corrected chi connectivity index (χ0v) is 10.1. The van der Waals surface area contributed by atoms with Gasteiger partial charge in [-0.2, -0.15) is 0 Å². The Hall–Kier alpha value is -2.56. The Labute approximate surface area is 108 Å². The van der Waals surface area contributed by atoms with E-state index in [1.54, 1.807) is 6.92 Å². The summed E-state index contributed by atoms with van der Waals surface area (Å²) in [5, 5.41) is 3.66. The second kappa shape index (κ2) is 5.39. The van der Waals surface area contributed by atoms with Gasteiger partial charge in [0, 0.05) is 0 Å². The highest BCUT2D eigenvalue weighted by atomic mass is 19.1. The fourth-order valence-electron chi connectivity index (χ4n) is 1.46. The third kappa shape index (κ3) is 3.22. The molecule has 1 aliphatic carbocycles. The average molecular weight is 259 g/mol. The second-order valence-electron chi connectivity index (χ2n) is 3.93. The van der Waals surface area contributed by atoms with Gasteiger partial charge in [-0.25, -0.2) is 9.18 Å². The smallest absolute Gasteiger partial charge is 0.312 e. The maximum atomic E-state index is 12.7. The van der Waals surface area contributed by atoms with Crippen molar-refractivity contribution in [2.75, 3.05) is 0 Å². The highest BCUT2D eigenvalue weighted by Gasteiger charge is 2.10. The van der Waals surface area contributed by atoms with Crippen molar-refractivity contribution >= 4 is 17.5 Å². The number of carbonyl (C=O) groups is 2. The van der Waals surface area contributed by atoms with Crippen LogP contribution in [0.2, 0.25) is 0 Å². The van der Waals surface area contributed by atoms with Gasteiger partial charge in [-0.15, -0.1) is 0 Å². The predicted octanol–water partition coefficient (Wildman–Crippen LogP) is 2.42. The van der Waals surface area contributed by atoms with Gasteiger partial charge < -0.3 is 4.84 Å². The third-order valence-corrected chi connectivity index (χ3v) is 2.48. The summed E-state index contributed by atoms with van der Waals surface area (Å²) in [6, 6.07) is 4.93. The molecule has 0 aromatic heterocycles. The lowest BCUT2D eigenvalue weighted by atomic mass is 10.1. The summed E-state index contributed by atoms with van der Waals surface area (Å²) >= 11 is 0. The number of carbonyl (C=O) groups excluding carboxylic acids is 2. The first-order valence-corrected chi connectivity index (χ1v) is 5.52. The highest BCUT2D eigenvalue weighted by molar-refractivity contribution is 6.19. The number of ketones is 1. The van der Waals surface area contributed by atoms with Gasteiger partial charge >= 0.3 is 5.97 Å². The molecule has 0 saturated heterocycles. The molecule has 1 aromatic rings. The zero-order valence-electron chi connectivity index (χ0n) is 10.1. The zero-order chi connectivity index (χ0) is 13.8. The molecule has 2 rings (SSSR count). The van der Waals surface area contributed by atoms with Crippen LogP contribution in [0.3, 0.4) is 0 Å². The molecule has 5 heteroatoms. The van der Waals surface area contributed by atoms with E-state index in [9.17, 15) is 14.0 Å². The van der Waals surface area contributed by atoms with Crippen molar-refractivity contribution in [3.05, 3.63) is 59.4 Å². The van der Waals surface area contributed by atoms with E-state index in [1.165, 1.54) is 30.4 Å². The summed E-state index contributed by atoms with van der Waals surface area (Å²) in [5.74, 6) is -1.26. The number of hydrogen-bond acceptors (Lipinski definition) is 4. The summed E-state index contributed by atoms with van der Waals surface area (Å²) < 4.78 is 12.7. The maximum Gasteiger partial charge on any atom is 0.365 e. The number of allylic oxidation sites excluding steroid dienone is 4. The molecule has 0 heterocycles. The van der Waals surface area contributed by atoms with E-state index in [0.717, 1.165) is 12.1 Å². The standard InChI is InChI=1S/C14H10FNO3/c1-9-8-12(17)6-7-13(9)16-19-14(18)10-2-4-11(15)5-3-10/h2-8H,1H3. The number of oxime groups is 1. The summed E-state index contributed by atoms with van der Waals surface area (Å²) in [5.41, 5.74) is 1.21. The van der Waals surface area contributed by atoms with Gasteiger partial charge in [-0.1, -0.05) is 5.16 Å². The highest BCUT2D eigenvalue weighted by Crippen LogP contribution is 2.08. The number of halogens is 1. The van der Waals surface area contributed by atoms with Crippen molar-refractivity contribution in [2.45, 2.75) is 6.92 Å². The molecule has 1 aliphatic rings. The SMILES string of the molecule is CC1=CC(=O)C=CC1=NOC(=O)c1ccc(F)cc1. The number of hydrogen-bond donors (Lipinski definition) is 0. The van der Waals surface area contributed by atoms with Gasteiger partial charge in [0.15, 0.2) is 5.78 Å². The van der Waals surface area contributed by atoms with Gasteiger partial charge in [0.25, 0.3) is 0 Å². The largest absolute Gasteiger partial charge is 0.365 e. The summed E-state index contributed by atoms with van der Waals surface area (Å²) in [7, 11) is 0. The molecule has 0 N–H and O–H groups in total. The Bertz CT molecular complexity index is 612. The average Bonchev–Trinajstić information content (AvgIpc) is 2.38. The van der Waals surface area contributed by atoms with Crippen molar-refractivity contribution in [2.24, 2.45) is 5.16 Å². The Morgan fingerprint density at radius 1 is 1.21 bits per heavy atom. The molecule has 0 fully saturated rings. The van der Waals surface area contributed by atoms with E-state index in [1.807, 2.05) is 0 Å². The van der Waals surface area contributed by atoms with E-state index in [0.29, 0.717) is 11.3 Å². The van der Waals surface area contributed by atoms with Crippen molar-refractivity contribution in [1.29, 1.82) is 0 Å². The van der Waals surface area contributed by atoms with Crippen LogP contribution in [0.4, 0.5) is 4.39 Å². The molecule has 0 saturated carbocycles. The number of benzene rings is 1. The van der Waals surface area contributed by atoms with Crippen LogP contribution in [0.15, 0.2) is 53.2 Å². The minimum atomic E-state index is -0.689. The normalized spacial score (nSPS) is 16.4. The first-order chi connectivity index (χ1) is 9.06. The quantitative estimate of drug-likeness (QED) is 0.465. The molecule has 0 radical (unpaired) electrons. The molecule has 0 amide bonds. The van der Waals surface area contributed by atoms with Crippen LogP contribution in [0, 0.1) is 5.82 Å². The predicted molar refractivity (Wildman–Crippen MR) is 67.2 cm³/mol. The minimum absolute atomic E-state index is 0.138. The molecule has 0 atom stereocenters. The van der Waals surface area contributed by atoms with Crippen LogP contribution < -0.4 is 0 Å². The Kier molecular flexibility index (Phi) is 3.66. The molecule has 0 aliphatic heterocycles. The number of rotatable bonds is 2. The Balaban J connectivity index is 2.08. The lowest BCUT2D eigenvalue weighted by molar-refractivity contribution is -0.110. The first-order valence-electron chi connectivity index (χ1n) is 5.52. The summed E-state index contributed by atoms with van der Waals surface area (Å²) in [6.07, 6.45) is 4.19. The van der Waals surface area contributed by atoms with E-state index < -0.39 is 11.8 Å². The molecular formula is C14H10FNO3. The van der Waals surface area contributed by atoms with Crippen LogP contribution in [0.25, 0.3) is 0 Å². The van der Waals surface area contributed by atoms with E-state index in [2.05, 4.69) is 5.16 Å². The topological polar surface area (TPSA) is 55.7 Å². The first kappa shape index (κ1) is 12.9. The van der Waals surface area contributed by atoms with Crippen molar-refractivity contribution in [3.8, 4) is 0 Å². The molecule has 0 spiro atoms. The van der Waals surface area contributed by atoms with E-state index >= 15 is 0 Å². The molecular weight excluding hydrogens is 249 g/mol. The fourth-order valence-corrected chi connectivity index (χ4v) is 1.46. The molecule has 96 valence electrons. The van der Waals surface area contributed by atoms with Crippen molar-refractivity contribution in [1.82, 2.24) is 0 Å². The van der Waals surface area contributed by atoms with Crippen LogP contribution in [0.1, 0.15) is 17.3 Å². The maximum absolute atomic E-state index is 12.7. The molecule has 0 bridgehead atoms. The fraction of sp³-hybridized carbons (Fsp3) is 0.0714. The monoisotopic (exact) mass is 259 g/mol. The van der Waals surface area contributed by atoms with Crippen molar-refractivity contribution < 1.29 is 18.8 Å². The number of nitrogens with zero attached hydrogens (tertiary/aromatic N) is 1. The summed E-state index contributed by atoms with van der Waals surface area (Å²) in [4.78, 5) is 27.4. The van der Waals surface area contributed by atoms with Gasteiger partial charge in [0.2, 0.25) is 0 Å². The van der Waals surface area contributed by atoms with Crippen LogP contribution in [-0.2, 0) is 9.63 Å². The van der Waals surface area contributed by atoms with Gasteiger partial charge in [-0.3, -0.25) is 4.79 Å². The summed E-state index contributed by atoms with van der Waals surface area (Å²) in [6.45, 7) is 1.69. The van der Waals surface area contributed by atoms with Gasteiger partial charge in [0.05, 0.1) is 5.56 Å². The van der Waals surface area contributed by atoms with Crippen LogP contribution in [0.5, 0.6) is 0 Å². The van der Waals surface area contributed by atoms with Crippen LogP contribution >= 0.6 is 0 Å². The molecule has 1 aromatic carbocycles. The lowest BCUT2D eigenvalue weighted by Crippen LogP contribution is -2.08. The van der Waals surface area contributed by atoms with Gasteiger partial charge in [0.1, 0.15) is 11.5 Å². The molecule has 4 nitrogen and oxygen atoms in total. The molecule has 0 unspecified atom stereocenters.